The Morgan fingerprint density at radius 1 is 1.31 bits per heavy atom. The van der Waals surface area contributed by atoms with Crippen LogP contribution in [0.5, 0.6) is 5.88 Å². The maximum absolute atomic E-state index is 8.79. The van der Waals surface area contributed by atoms with Crippen LogP contribution in [0, 0.1) is 11.3 Å². The lowest BCUT2D eigenvalue weighted by molar-refractivity contribution is 0.397. The number of rotatable bonds is 2. The highest BCUT2D eigenvalue weighted by molar-refractivity contribution is 5.57. The van der Waals surface area contributed by atoms with Gasteiger partial charge in [-0.05, 0) is 12.1 Å². The van der Waals surface area contributed by atoms with Crippen molar-refractivity contribution in [2.45, 2.75) is 0 Å². The Hall–Kier alpha value is -2.41. The molecule has 0 aliphatic rings. The standard InChI is InChI=1S/C12H9N3O/c1-16-11-5-6-14-12(15-11)10-4-2-3-9(7-10)8-13/h2-7H,1H3. The van der Waals surface area contributed by atoms with Crippen LogP contribution in [0.15, 0.2) is 36.5 Å². The zero-order chi connectivity index (χ0) is 11.4. The van der Waals surface area contributed by atoms with Gasteiger partial charge in [0.2, 0.25) is 5.88 Å². The Labute approximate surface area is 93.2 Å². The SMILES string of the molecule is COc1ccnc(-c2cccc(C#N)c2)n1. The van der Waals surface area contributed by atoms with E-state index in [1.165, 1.54) is 0 Å². The molecule has 1 aromatic heterocycles. The van der Waals surface area contributed by atoms with E-state index in [9.17, 15) is 0 Å². The summed E-state index contributed by atoms with van der Waals surface area (Å²) in [4.78, 5) is 8.33. The minimum Gasteiger partial charge on any atom is -0.481 e. The molecule has 4 heteroatoms. The fraction of sp³-hybridized carbons (Fsp3) is 0.0833. The van der Waals surface area contributed by atoms with Gasteiger partial charge in [0.05, 0.1) is 18.7 Å². The molecule has 1 aromatic carbocycles. The molecule has 0 saturated carbocycles. The van der Waals surface area contributed by atoms with Gasteiger partial charge in [0, 0.05) is 17.8 Å². The number of nitrogens with zero attached hydrogens (tertiary/aromatic N) is 3. The van der Waals surface area contributed by atoms with Gasteiger partial charge in [-0.2, -0.15) is 10.2 Å². The highest BCUT2D eigenvalue weighted by Gasteiger charge is 2.03. The second kappa shape index (κ2) is 4.41. The minimum atomic E-state index is 0.507. The first-order valence-corrected chi connectivity index (χ1v) is 4.71. The summed E-state index contributed by atoms with van der Waals surface area (Å²) in [6.45, 7) is 0. The van der Waals surface area contributed by atoms with Gasteiger partial charge in [0.1, 0.15) is 0 Å². The van der Waals surface area contributed by atoms with Crippen molar-refractivity contribution in [2.75, 3.05) is 7.11 Å². The normalized spacial score (nSPS) is 9.50. The van der Waals surface area contributed by atoms with E-state index in [2.05, 4.69) is 16.0 Å². The van der Waals surface area contributed by atoms with Crippen molar-refractivity contribution in [1.29, 1.82) is 5.26 Å². The highest BCUT2D eigenvalue weighted by atomic mass is 16.5. The van der Waals surface area contributed by atoms with Gasteiger partial charge in [-0.1, -0.05) is 12.1 Å². The second-order valence-electron chi connectivity index (χ2n) is 3.12. The molecule has 16 heavy (non-hydrogen) atoms. The van der Waals surface area contributed by atoms with Gasteiger partial charge in [0.15, 0.2) is 5.82 Å². The molecule has 2 aromatic rings. The van der Waals surface area contributed by atoms with E-state index in [0.29, 0.717) is 17.3 Å². The lowest BCUT2D eigenvalue weighted by Gasteiger charge is -2.02. The predicted molar refractivity (Wildman–Crippen MR) is 58.7 cm³/mol. The average Bonchev–Trinajstić information content (AvgIpc) is 2.39. The van der Waals surface area contributed by atoms with E-state index in [-0.39, 0.29) is 0 Å². The Morgan fingerprint density at radius 3 is 2.94 bits per heavy atom. The largest absolute Gasteiger partial charge is 0.481 e. The molecule has 0 atom stereocenters. The summed E-state index contributed by atoms with van der Waals surface area (Å²) in [6, 6.07) is 10.9. The maximum Gasteiger partial charge on any atom is 0.216 e. The quantitative estimate of drug-likeness (QED) is 0.762. The molecule has 0 radical (unpaired) electrons. The number of hydrogen-bond acceptors (Lipinski definition) is 4. The van der Waals surface area contributed by atoms with Crippen molar-refractivity contribution in [3.8, 4) is 23.3 Å². The van der Waals surface area contributed by atoms with Gasteiger partial charge in [-0.15, -0.1) is 0 Å². The fourth-order valence-electron chi connectivity index (χ4n) is 1.32. The van der Waals surface area contributed by atoms with E-state index in [4.69, 9.17) is 10.00 Å². The third-order valence-electron chi connectivity index (χ3n) is 2.09. The monoisotopic (exact) mass is 211 g/mol. The number of aromatic nitrogens is 2. The minimum absolute atomic E-state index is 0.507. The summed E-state index contributed by atoms with van der Waals surface area (Å²) in [5, 5.41) is 8.79. The maximum atomic E-state index is 8.79. The molecule has 0 unspecified atom stereocenters. The van der Waals surface area contributed by atoms with Crippen LogP contribution in [-0.4, -0.2) is 17.1 Å². The number of ether oxygens (including phenoxy) is 1. The molecule has 78 valence electrons. The van der Waals surface area contributed by atoms with Crippen molar-refractivity contribution in [1.82, 2.24) is 9.97 Å². The first-order chi connectivity index (χ1) is 7.83. The van der Waals surface area contributed by atoms with Crippen LogP contribution in [0.4, 0.5) is 0 Å². The lowest BCUT2D eigenvalue weighted by Crippen LogP contribution is -1.92. The summed E-state index contributed by atoms with van der Waals surface area (Å²) in [5.74, 6) is 1.06. The molecule has 0 spiro atoms. The molecule has 0 amide bonds. The lowest BCUT2D eigenvalue weighted by atomic mass is 10.1. The van der Waals surface area contributed by atoms with Gasteiger partial charge in [-0.25, -0.2) is 4.98 Å². The Bertz CT molecular complexity index is 546. The molecule has 0 aliphatic carbocycles. The van der Waals surface area contributed by atoms with Gasteiger partial charge < -0.3 is 4.74 Å². The summed E-state index contributed by atoms with van der Waals surface area (Å²) in [6.07, 6.45) is 1.63. The van der Waals surface area contributed by atoms with Crippen LogP contribution in [0.3, 0.4) is 0 Å². The van der Waals surface area contributed by atoms with Crippen LogP contribution in [0.1, 0.15) is 5.56 Å². The fourth-order valence-corrected chi connectivity index (χ4v) is 1.32. The Balaban J connectivity index is 2.46. The topological polar surface area (TPSA) is 58.8 Å². The first-order valence-electron chi connectivity index (χ1n) is 4.71. The molecule has 4 nitrogen and oxygen atoms in total. The molecule has 1 heterocycles. The average molecular weight is 211 g/mol. The Morgan fingerprint density at radius 2 is 2.19 bits per heavy atom. The van der Waals surface area contributed by atoms with Gasteiger partial charge >= 0.3 is 0 Å². The summed E-state index contributed by atoms with van der Waals surface area (Å²) in [7, 11) is 1.55. The molecule has 2 rings (SSSR count). The number of nitriles is 1. The number of methoxy groups -OCH3 is 1. The summed E-state index contributed by atoms with van der Waals surface area (Å²) in [5.41, 5.74) is 1.39. The highest BCUT2D eigenvalue weighted by Crippen LogP contribution is 2.17. The van der Waals surface area contributed by atoms with Crippen molar-refractivity contribution in [2.24, 2.45) is 0 Å². The van der Waals surface area contributed by atoms with E-state index in [1.54, 1.807) is 37.6 Å². The molecular formula is C12H9N3O. The number of hydrogen-bond donors (Lipinski definition) is 0. The van der Waals surface area contributed by atoms with Crippen LogP contribution >= 0.6 is 0 Å². The molecule has 0 aliphatic heterocycles. The van der Waals surface area contributed by atoms with Gasteiger partial charge in [-0.3, -0.25) is 0 Å². The third-order valence-corrected chi connectivity index (χ3v) is 2.09. The van der Waals surface area contributed by atoms with Crippen molar-refractivity contribution in [3.05, 3.63) is 42.1 Å². The van der Waals surface area contributed by atoms with Crippen molar-refractivity contribution >= 4 is 0 Å². The second-order valence-corrected chi connectivity index (χ2v) is 3.12. The summed E-state index contributed by atoms with van der Waals surface area (Å²) < 4.78 is 5.02. The van der Waals surface area contributed by atoms with E-state index in [0.717, 1.165) is 5.56 Å². The van der Waals surface area contributed by atoms with E-state index in [1.807, 2.05) is 6.07 Å². The molecule has 0 fully saturated rings. The first kappa shape index (κ1) is 10.1. The zero-order valence-electron chi connectivity index (χ0n) is 8.71. The molecule has 0 N–H and O–H groups in total. The van der Waals surface area contributed by atoms with E-state index >= 15 is 0 Å². The van der Waals surface area contributed by atoms with Crippen LogP contribution in [-0.2, 0) is 0 Å². The van der Waals surface area contributed by atoms with Crippen LogP contribution in [0.25, 0.3) is 11.4 Å². The summed E-state index contributed by atoms with van der Waals surface area (Å²) >= 11 is 0. The van der Waals surface area contributed by atoms with Crippen LogP contribution < -0.4 is 4.74 Å². The Kier molecular flexibility index (Phi) is 2.79. The third kappa shape index (κ3) is 1.98. The zero-order valence-corrected chi connectivity index (χ0v) is 8.71. The molecule has 0 bridgehead atoms. The van der Waals surface area contributed by atoms with Crippen molar-refractivity contribution in [3.63, 3.8) is 0 Å². The van der Waals surface area contributed by atoms with E-state index < -0.39 is 0 Å². The predicted octanol–water partition coefficient (Wildman–Crippen LogP) is 2.02. The number of benzene rings is 1. The van der Waals surface area contributed by atoms with Crippen LogP contribution in [0.2, 0.25) is 0 Å². The molecule has 0 saturated heterocycles. The smallest absolute Gasteiger partial charge is 0.216 e. The van der Waals surface area contributed by atoms with Gasteiger partial charge in [0.25, 0.3) is 0 Å². The molecular weight excluding hydrogens is 202 g/mol. The van der Waals surface area contributed by atoms with Crippen molar-refractivity contribution < 1.29 is 4.74 Å².